The summed E-state index contributed by atoms with van der Waals surface area (Å²) in [7, 11) is 0. The molecule has 0 saturated heterocycles. The molecule has 0 fully saturated rings. The maximum Gasteiger partial charge on any atom is 0.140 e. The molecule has 0 aromatic carbocycles. The molecule has 0 amide bonds. The lowest BCUT2D eigenvalue weighted by Gasteiger charge is -1.97. The molecular formula is C6H8IN3. The van der Waals surface area contributed by atoms with E-state index in [-0.39, 0.29) is 0 Å². The average Bonchev–Trinajstić information content (AvgIpc) is 1.95. The van der Waals surface area contributed by atoms with Crippen molar-refractivity contribution in [3.8, 4) is 0 Å². The second-order valence-corrected chi connectivity index (χ2v) is 3.04. The van der Waals surface area contributed by atoms with E-state index < -0.39 is 0 Å². The second-order valence-electron chi connectivity index (χ2n) is 1.87. The van der Waals surface area contributed by atoms with Crippen molar-refractivity contribution in [2.75, 3.05) is 5.73 Å². The van der Waals surface area contributed by atoms with Crippen molar-refractivity contribution in [2.24, 2.45) is 0 Å². The highest BCUT2D eigenvalue weighted by Crippen LogP contribution is 2.09. The zero-order valence-corrected chi connectivity index (χ0v) is 7.79. The predicted octanol–water partition coefficient (Wildman–Crippen LogP) is 1.23. The Morgan fingerprint density at radius 2 is 2.40 bits per heavy atom. The van der Waals surface area contributed by atoms with Crippen LogP contribution in [0.4, 0.5) is 5.82 Å². The van der Waals surface area contributed by atoms with Gasteiger partial charge in [-0.2, -0.15) is 0 Å². The van der Waals surface area contributed by atoms with Crippen molar-refractivity contribution in [2.45, 2.75) is 13.3 Å². The summed E-state index contributed by atoms with van der Waals surface area (Å²) in [5, 5.41) is 0. The smallest absolute Gasteiger partial charge is 0.140 e. The van der Waals surface area contributed by atoms with E-state index in [0.717, 1.165) is 15.8 Å². The zero-order valence-electron chi connectivity index (χ0n) is 5.63. The number of rotatable bonds is 1. The van der Waals surface area contributed by atoms with Gasteiger partial charge in [0.05, 0.1) is 3.57 Å². The predicted molar refractivity (Wildman–Crippen MR) is 48.5 cm³/mol. The largest absolute Gasteiger partial charge is 0.383 e. The van der Waals surface area contributed by atoms with E-state index in [1.54, 1.807) is 6.20 Å². The summed E-state index contributed by atoms with van der Waals surface area (Å²) in [6.07, 6.45) is 2.57. The molecule has 4 heteroatoms. The number of anilines is 1. The molecule has 0 aliphatic carbocycles. The van der Waals surface area contributed by atoms with Gasteiger partial charge in [-0.1, -0.05) is 6.92 Å². The first-order valence-corrected chi connectivity index (χ1v) is 4.08. The molecular weight excluding hydrogens is 241 g/mol. The summed E-state index contributed by atoms with van der Waals surface area (Å²) >= 11 is 2.11. The van der Waals surface area contributed by atoms with Crippen LogP contribution in [0, 0.1) is 3.57 Å². The Labute approximate surface area is 73.2 Å². The highest BCUT2D eigenvalue weighted by molar-refractivity contribution is 14.1. The van der Waals surface area contributed by atoms with Crippen molar-refractivity contribution < 1.29 is 0 Å². The Morgan fingerprint density at radius 1 is 1.70 bits per heavy atom. The van der Waals surface area contributed by atoms with E-state index in [9.17, 15) is 0 Å². The van der Waals surface area contributed by atoms with Crippen LogP contribution in [0.2, 0.25) is 0 Å². The Balaban J connectivity index is 3.04. The SMILES string of the molecule is CCc1ncc(I)c(N)n1. The zero-order chi connectivity index (χ0) is 7.56. The van der Waals surface area contributed by atoms with E-state index in [4.69, 9.17) is 5.73 Å². The number of aryl methyl sites for hydroxylation is 1. The second kappa shape index (κ2) is 3.14. The normalized spacial score (nSPS) is 9.80. The van der Waals surface area contributed by atoms with Crippen molar-refractivity contribution in [1.29, 1.82) is 0 Å². The van der Waals surface area contributed by atoms with Crippen LogP contribution in [-0.2, 0) is 6.42 Å². The van der Waals surface area contributed by atoms with Gasteiger partial charge in [0.1, 0.15) is 11.6 Å². The fourth-order valence-electron chi connectivity index (χ4n) is 0.589. The lowest BCUT2D eigenvalue weighted by molar-refractivity contribution is 0.940. The highest BCUT2D eigenvalue weighted by atomic mass is 127. The van der Waals surface area contributed by atoms with Gasteiger partial charge in [-0.25, -0.2) is 9.97 Å². The lowest BCUT2D eigenvalue weighted by Crippen LogP contribution is -1.99. The van der Waals surface area contributed by atoms with Crippen molar-refractivity contribution in [3.05, 3.63) is 15.6 Å². The molecule has 0 spiro atoms. The first kappa shape index (κ1) is 7.71. The molecule has 3 nitrogen and oxygen atoms in total. The van der Waals surface area contributed by atoms with Gasteiger partial charge < -0.3 is 5.73 Å². The van der Waals surface area contributed by atoms with Crippen LogP contribution in [0.25, 0.3) is 0 Å². The number of nitrogen functional groups attached to an aromatic ring is 1. The van der Waals surface area contributed by atoms with E-state index >= 15 is 0 Å². The molecule has 0 unspecified atom stereocenters. The molecule has 54 valence electrons. The topological polar surface area (TPSA) is 51.8 Å². The molecule has 10 heavy (non-hydrogen) atoms. The van der Waals surface area contributed by atoms with Crippen LogP contribution in [0.15, 0.2) is 6.20 Å². The summed E-state index contributed by atoms with van der Waals surface area (Å²) in [5.41, 5.74) is 5.54. The number of nitrogens with zero attached hydrogens (tertiary/aromatic N) is 2. The molecule has 0 aliphatic heterocycles. The molecule has 0 saturated carbocycles. The summed E-state index contributed by atoms with van der Waals surface area (Å²) in [6.45, 7) is 2.00. The van der Waals surface area contributed by atoms with E-state index in [2.05, 4.69) is 32.6 Å². The van der Waals surface area contributed by atoms with Crippen LogP contribution in [0.5, 0.6) is 0 Å². The number of hydrogen-bond donors (Lipinski definition) is 1. The van der Waals surface area contributed by atoms with Gasteiger partial charge in [0, 0.05) is 12.6 Å². The van der Waals surface area contributed by atoms with Gasteiger partial charge in [-0.15, -0.1) is 0 Å². The van der Waals surface area contributed by atoms with Crippen molar-refractivity contribution in [3.63, 3.8) is 0 Å². The van der Waals surface area contributed by atoms with Gasteiger partial charge in [0.25, 0.3) is 0 Å². The summed E-state index contributed by atoms with van der Waals surface area (Å²) in [4.78, 5) is 8.11. The third-order valence-corrected chi connectivity index (χ3v) is 1.97. The van der Waals surface area contributed by atoms with E-state index in [1.807, 2.05) is 6.92 Å². The van der Waals surface area contributed by atoms with Crippen LogP contribution >= 0.6 is 22.6 Å². The van der Waals surface area contributed by atoms with Gasteiger partial charge in [0.15, 0.2) is 0 Å². The maximum absolute atomic E-state index is 5.54. The molecule has 1 rings (SSSR count). The minimum Gasteiger partial charge on any atom is -0.383 e. The Bertz CT molecular complexity index is 236. The molecule has 0 bridgehead atoms. The van der Waals surface area contributed by atoms with E-state index in [0.29, 0.717) is 5.82 Å². The molecule has 0 atom stereocenters. The quantitative estimate of drug-likeness (QED) is 0.761. The fourth-order valence-corrected chi connectivity index (χ4v) is 0.849. The summed E-state index contributed by atoms with van der Waals surface area (Å²) < 4.78 is 0.912. The number of nitrogens with two attached hydrogens (primary N) is 1. The number of halogens is 1. The van der Waals surface area contributed by atoms with Gasteiger partial charge in [0.2, 0.25) is 0 Å². The van der Waals surface area contributed by atoms with Crippen LogP contribution in [-0.4, -0.2) is 9.97 Å². The first-order valence-electron chi connectivity index (χ1n) is 3.01. The highest BCUT2D eigenvalue weighted by Gasteiger charge is 1.97. The van der Waals surface area contributed by atoms with Crippen LogP contribution in [0.3, 0.4) is 0 Å². The summed E-state index contributed by atoms with van der Waals surface area (Å²) in [6, 6.07) is 0. The first-order chi connectivity index (χ1) is 4.74. The minimum absolute atomic E-state index is 0.576. The molecule has 0 aliphatic rings. The van der Waals surface area contributed by atoms with Crippen LogP contribution in [0.1, 0.15) is 12.7 Å². The maximum atomic E-state index is 5.54. The van der Waals surface area contributed by atoms with Crippen molar-refractivity contribution in [1.82, 2.24) is 9.97 Å². The van der Waals surface area contributed by atoms with Gasteiger partial charge >= 0.3 is 0 Å². The minimum atomic E-state index is 0.576. The molecule has 2 N–H and O–H groups in total. The van der Waals surface area contributed by atoms with E-state index in [1.165, 1.54) is 0 Å². The fraction of sp³-hybridized carbons (Fsp3) is 0.333. The molecule has 1 heterocycles. The molecule has 1 aromatic heterocycles. The molecule has 1 aromatic rings. The van der Waals surface area contributed by atoms with Crippen LogP contribution < -0.4 is 5.73 Å². The number of aromatic nitrogens is 2. The summed E-state index contributed by atoms with van der Waals surface area (Å²) in [5.74, 6) is 1.38. The van der Waals surface area contributed by atoms with Gasteiger partial charge in [-0.3, -0.25) is 0 Å². The molecule has 0 radical (unpaired) electrons. The lowest BCUT2D eigenvalue weighted by atomic mass is 10.4. The Morgan fingerprint density at radius 3 is 2.90 bits per heavy atom. The number of hydrogen-bond acceptors (Lipinski definition) is 3. The van der Waals surface area contributed by atoms with Crippen molar-refractivity contribution >= 4 is 28.4 Å². The third kappa shape index (κ3) is 1.56. The third-order valence-electron chi connectivity index (χ3n) is 1.14. The Kier molecular flexibility index (Phi) is 2.42. The Hall–Kier alpha value is -0.390. The average molecular weight is 249 g/mol. The monoisotopic (exact) mass is 249 g/mol. The van der Waals surface area contributed by atoms with Gasteiger partial charge in [-0.05, 0) is 22.6 Å². The standard InChI is InChI=1S/C6H8IN3/c1-2-5-9-3-4(7)6(8)10-5/h3H,2H2,1H3,(H2,8,9,10).